The van der Waals surface area contributed by atoms with Crippen LogP contribution in [0.1, 0.15) is 18.1 Å². The van der Waals surface area contributed by atoms with Gasteiger partial charge < -0.3 is 4.74 Å². The van der Waals surface area contributed by atoms with E-state index in [1.165, 1.54) is 17.8 Å². The molecule has 2 heterocycles. The molecule has 2 aromatic carbocycles. The number of pyridine rings is 1. The fourth-order valence-electron chi connectivity index (χ4n) is 3.12. The fourth-order valence-corrected chi connectivity index (χ4v) is 4.02. The predicted molar refractivity (Wildman–Crippen MR) is 117 cm³/mol. The standard InChI is InChI=1S/C23H19F3N4OS/c1-2-31-20-10-8-19(9-11-20)30-21(17-6-4-12-27-14-17)28-29-22(30)32-15-16-5-3-7-18(13-16)23(24,25)26/h3-14H,2,15H2,1H3. The minimum absolute atomic E-state index is 0.312. The van der Waals surface area contributed by atoms with Crippen LogP contribution in [0, 0.1) is 0 Å². The number of halogens is 3. The highest BCUT2D eigenvalue weighted by molar-refractivity contribution is 7.98. The Balaban J connectivity index is 1.67. The van der Waals surface area contributed by atoms with E-state index in [9.17, 15) is 13.2 Å². The SMILES string of the molecule is CCOc1ccc(-n2c(SCc3cccc(C(F)(F)F)c3)nnc2-c2cccnc2)cc1. The summed E-state index contributed by atoms with van der Waals surface area (Å²) in [6.07, 6.45) is -1.02. The Morgan fingerprint density at radius 1 is 1.00 bits per heavy atom. The molecule has 0 saturated heterocycles. The first-order valence-electron chi connectivity index (χ1n) is 9.83. The van der Waals surface area contributed by atoms with E-state index in [1.807, 2.05) is 47.9 Å². The van der Waals surface area contributed by atoms with Crippen LogP contribution in [0.15, 0.2) is 78.2 Å². The zero-order valence-electron chi connectivity index (χ0n) is 17.1. The maximum absolute atomic E-state index is 13.0. The lowest BCUT2D eigenvalue weighted by Crippen LogP contribution is -2.05. The van der Waals surface area contributed by atoms with E-state index in [2.05, 4.69) is 15.2 Å². The lowest BCUT2D eigenvalue weighted by molar-refractivity contribution is -0.137. The summed E-state index contributed by atoms with van der Waals surface area (Å²) in [6.45, 7) is 2.47. The highest BCUT2D eigenvalue weighted by Gasteiger charge is 2.30. The van der Waals surface area contributed by atoms with Crippen LogP contribution in [-0.4, -0.2) is 26.4 Å². The van der Waals surface area contributed by atoms with Crippen LogP contribution in [0.4, 0.5) is 13.2 Å². The van der Waals surface area contributed by atoms with Crippen molar-refractivity contribution < 1.29 is 17.9 Å². The van der Waals surface area contributed by atoms with Gasteiger partial charge in [0, 0.05) is 29.4 Å². The number of alkyl halides is 3. The Kier molecular flexibility index (Phi) is 6.45. The largest absolute Gasteiger partial charge is 0.494 e. The molecule has 0 amide bonds. The third-order valence-corrected chi connectivity index (χ3v) is 5.58. The van der Waals surface area contributed by atoms with E-state index in [1.54, 1.807) is 18.5 Å². The lowest BCUT2D eigenvalue weighted by Gasteiger charge is -2.12. The van der Waals surface area contributed by atoms with Crippen molar-refractivity contribution in [3.8, 4) is 22.8 Å². The van der Waals surface area contributed by atoms with Gasteiger partial charge in [0.15, 0.2) is 11.0 Å². The molecule has 4 aromatic rings. The Morgan fingerprint density at radius 2 is 1.81 bits per heavy atom. The maximum atomic E-state index is 13.0. The number of nitrogens with zero attached hydrogens (tertiary/aromatic N) is 4. The summed E-state index contributed by atoms with van der Waals surface area (Å²) in [5.74, 6) is 1.64. The molecule has 0 bridgehead atoms. The summed E-state index contributed by atoms with van der Waals surface area (Å²) in [7, 11) is 0. The van der Waals surface area contributed by atoms with E-state index < -0.39 is 11.7 Å². The van der Waals surface area contributed by atoms with Crippen molar-refractivity contribution >= 4 is 11.8 Å². The van der Waals surface area contributed by atoms with Crippen molar-refractivity contribution in [2.24, 2.45) is 0 Å². The molecule has 4 rings (SSSR count). The van der Waals surface area contributed by atoms with Crippen molar-refractivity contribution in [2.45, 2.75) is 24.0 Å². The molecule has 0 aliphatic heterocycles. The van der Waals surface area contributed by atoms with Gasteiger partial charge in [-0.25, -0.2) is 0 Å². The van der Waals surface area contributed by atoms with Gasteiger partial charge in [-0.05, 0) is 55.0 Å². The summed E-state index contributed by atoms with van der Waals surface area (Å²) < 4.78 is 46.5. The lowest BCUT2D eigenvalue weighted by atomic mass is 10.1. The zero-order chi connectivity index (χ0) is 22.6. The average molecular weight is 456 g/mol. The number of hydrogen-bond donors (Lipinski definition) is 0. The summed E-state index contributed by atoms with van der Waals surface area (Å²) >= 11 is 1.31. The van der Waals surface area contributed by atoms with Gasteiger partial charge in [0.25, 0.3) is 0 Å². The highest BCUT2D eigenvalue weighted by atomic mass is 32.2. The smallest absolute Gasteiger partial charge is 0.416 e. The van der Waals surface area contributed by atoms with Gasteiger partial charge in [-0.2, -0.15) is 13.2 Å². The minimum atomic E-state index is -4.38. The summed E-state index contributed by atoms with van der Waals surface area (Å²) in [6, 6.07) is 16.5. The van der Waals surface area contributed by atoms with Crippen LogP contribution in [0.25, 0.3) is 17.1 Å². The van der Waals surface area contributed by atoms with Crippen molar-refractivity contribution in [2.75, 3.05) is 6.61 Å². The van der Waals surface area contributed by atoms with E-state index in [-0.39, 0.29) is 0 Å². The number of benzene rings is 2. The molecule has 0 aliphatic carbocycles. The van der Waals surface area contributed by atoms with Crippen LogP contribution in [0.5, 0.6) is 5.75 Å². The first-order valence-corrected chi connectivity index (χ1v) is 10.8. The first-order chi connectivity index (χ1) is 15.5. The molecule has 164 valence electrons. The molecule has 0 radical (unpaired) electrons. The Bertz CT molecular complexity index is 1180. The average Bonchev–Trinajstić information content (AvgIpc) is 3.23. The van der Waals surface area contributed by atoms with Gasteiger partial charge in [-0.15, -0.1) is 10.2 Å². The third kappa shape index (κ3) is 4.94. The second kappa shape index (κ2) is 9.44. The number of thioether (sulfide) groups is 1. The van der Waals surface area contributed by atoms with Gasteiger partial charge in [0.05, 0.1) is 12.2 Å². The number of hydrogen-bond acceptors (Lipinski definition) is 5. The van der Waals surface area contributed by atoms with Crippen LogP contribution < -0.4 is 4.74 Å². The van der Waals surface area contributed by atoms with Gasteiger partial charge in [-0.1, -0.05) is 30.0 Å². The molecule has 0 atom stereocenters. The van der Waals surface area contributed by atoms with Crippen LogP contribution in [0.2, 0.25) is 0 Å². The van der Waals surface area contributed by atoms with Crippen molar-refractivity contribution in [3.05, 3.63) is 84.2 Å². The first kappa shape index (κ1) is 21.9. The molecule has 5 nitrogen and oxygen atoms in total. The minimum Gasteiger partial charge on any atom is -0.494 e. The van der Waals surface area contributed by atoms with Crippen molar-refractivity contribution in [1.82, 2.24) is 19.7 Å². The van der Waals surface area contributed by atoms with E-state index in [0.29, 0.717) is 28.9 Å². The van der Waals surface area contributed by atoms with Crippen molar-refractivity contribution in [3.63, 3.8) is 0 Å². The molecule has 0 unspecified atom stereocenters. The normalized spacial score (nSPS) is 11.5. The topological polar surface area (TPSA) is 52.8 Å². The maximum Gasteiger partial charge on any atom is 0.416 e. The van der Waals surface area contributed by atoms with Gasteiger partial charge >= 0.3 is 6.18 Å². The van der Waals surface area contributed by atoms with E-state index in [0.717, 1.165) is 29.1 Å². The summed E-state index contributed by atoms with van der Waals surface area (Å²) in [5, 5.41) is 9.20. The predicted octanol–water partition coefficient (Wildman–Crippen LogP) is 6.04. The molecule has 0 N–H and O–H groups in total. The molecule has 0 fully saturated rings. The fraction of sp³-hybridized carbons (Fsp3) is 0.174. The number of rotatable bonds is 7. The van der Waals surface area contributed by atoms with E-state index >= 15 is 0 Å². The third-order valence-electron chi connectivity index (χ3n) is 4.58. The second-order valence-electron chi connectivity index (χ2n) is 6.80. The van der Waals surface area contributed by atoms with Gasteiger partial charge in [0.2, 0.25) is 0 Å². The molecule has 0 spiro atoms. The van der Waals surface area contributed by atoms with Gasteiger partial charge in [-0.3, -0.25) is 9.55 Å². The quantitative estimate of drug-likeness (QED) is 0.318. The Hall–Kier alpha value is -3.33. The molecular formula is C23H19F3N4OS. The monoisotopic (exact) mass is 456 g/mol. The van der Waals surface area contributed by atoms with Crippen LogP contribution in [0.3, 0.4) is 0 Å². The Morgan fingerprint density at radius 3 is 2.50 bits per heavy atom. The van der Waals surface area contributed by atoms with Crippen LogP contribution in [-0.2, 0) is 11.9 Å². The Labute approximate surface area is 187 Å². The highest BCUT2D eigenvalue weighted by Crippen LogP contribution is 2.33. The summed E-state index contributed by atoms with van der Waals surface area (Å²) in [5.41, 5.74) is 1.47. The molecular weight excluding hydrogens is 437 g/mol. The van der Waals surface area contributed by atoms with Gasteiger partial charge in [0.1, 0.15) is 5.75 Å². The number of aromatic nitrogens is 4. The summed E-state index contributed by atoms with van der Waals surface area (Å²) in [4.78, 5) is 4.16. The molecule has 9 heteroatoms. The van der Waals surface area contributed by atoms with Crippen molar-refractivity contribution in [1.29, 1.82) is 0 Å². The second-order valence-corrected chi connectivity index (χ2v) is 7.74. The molecule has 2 aromatic heterocycles. The zero-order valence-corrected chi connectivity index (χ0v) is 17.9. The molecule has 0 aliphatic rings. The van der Waals surface area contributed by atoms with E-state index in [4.69, 9.17) is 4.74 Å². The molecule has 0 saturated carbocycles. The number of ether oxygens (including phenoxy) is 1. The molecule has 32 heavy (non-hydrogen) atoms. The van der Waals surface area contributed by atoms with Crippen LogP contribution >= 0.6 is 11.8 Å².